The fraction of sp³-hybridized carbons (Fsp3) is 0.765. The second kappa shape index (κ2) is 9.27. The largest absolute Gasteiger partial charge is 0.444 e. The molecule has 11 heteroatoms. The van der Waals surface area contributed by atoms with Crippen LogP contribution in [0.25, 0.3) is 0 Å². The normalized spacial score (nSPS) is 18.3. The maximum Gasteiger partial charge on any atom is 0.410 e. The van der Waals surface area contributed by atoms with Crippen LogP contribution in [0.4, 0.5) is 9.93 Å². The first-order chi connectivity index (χ1) is 13.3. The molecule has 0 unspecified atom stereocenters. The summed E-state index contributed by atoms with van der Waals surface area (Å²) in [7, 11) is 0. The molecule has 3 rings (SSSR count). The fourth-order valence-corrected chi connectivity index (χ4v) is 4.62. The average Bonchev–Trinajstić information content (AvgIpc) is 3.15. The van der Waals surface area contributed by atoms with Gasteiger partial charge in [0.25, 0.3) is 0 Å². The lowest BCUT2D eigenvalue weighted by Crippen LogP contribution is -2.52. The summed E-state index contributed by atoms with van der Waals surface area (Å²) in [5.41, 5.74) is -0.511. The summed E-state index contributed by atoms with van der Waals surface area (Å²) in [5, 5.41) is 9.29. The Labute approximate surface area is 173 Å². The van der Waals surface area contributed by atoms with Crippen LogP contribution in [0.15, 0.2) is 4.34 Å². The van der Waals surface area contributed by atoms with Crippen molar-refractivity contribution in [3.05, 3.63) is 0 Å². The van der Waals surface area contributed by atoms with Crippen LogP contribution in [-0.2, 0) is 14.3 Å². The minimum Gasteiger partial charge on any atom is -0.444 e. The number of rotatable bonds is 4. The highest BCUT2D eigenvalue weighted by atomic mass is 32.2. The van der Waals surface area contributed by atoms with E-state index in [0.29, 0.717) is 45.1 Å². The first-order valence-electron chi connectivity index (χ1n) is 9.36. The Balaban J connectivity index is 1.41. The van der Waals surface area contributed by atoms with E-state index in [1.54, 1.807) is 9.80 Å². The van der Waals surface area contributed by atoms with E-state index in [2.05, 4.69) is 15.1 Å². The minimum absolute atomic E-state index is 0.0527. The molecule has 0 atom stereocenters. The summed E-state index contributed by atoms with van der Waals surface area (Å²) in [5.74, 6) is 0.376. The molecule has 2 fully saturated rings. The highest BCUT2D eigenvalue weighted by Crippen LogP contribution is 2.28. The molecule has 0 bridgehead atoms. The van der Waals surface area contributed by atoms with E-state index < -0.39 is 5.60 Å². The maximum absolute atomic E-state index is 12.5. The van der Waals surface area contributed by atoms with Gasteiger partial charge in [-0.2, -0.15) is 0 Å². The molecule has 0 saturated carbocycles. The standard InChI is InChI=1S/C17H27N5O4S2/c1-17(2,3)26-16(24)22-6-4-20(5-7-22)13(23)12-27-15-19-18-14(28-15)21-8-10-25-11-9-21/h4-12H2,1-3H3. The van der Waals surface area contributed by atoms with Crippen LogP contribution in [0, 0.1) is 0 Å². The Bertz CT molecular complexity index is 679. The van der Waals surface area contributed by atoms with E-state index in [9.17, 15) is 9.59 Å². The van der Waals surface area contributed by atoms with E-state index >= 15 is 0 Å². The van der Waals surface area contributed by atoms with Gasteiger partial charge in [-0.1, -0.05) is 23.1 Å². The van der Waals surface area contributed by atoms with Crippen molar-refractivity contribution in [1.82, 2.24) is 20.0 Å². The van der Waals surface area contributed by atoms with Gasteiger partial charge < -0.3 is 24.2 Å². The number of ether oxygens (including phenoxy) is 2. The van der Waals surface area contributed by atoms with Crippen molar-refractivity contribution in [3.8, 4) is 0 Å². The van der Waals surface area contributed by atoms with E-state index in [4.69, 9.17) is 9.47 Å². The number of carbonyl (C=O) groups is 2. The summed E-state index contributed by atoms with van der Waals surface area (Å²) in [6.07, 6.45) is -0.321. The molecule has 28 heavy (non-hydrogen) atoms. The summed E-state index contributed by atoms with van der Waals surface area (Å²) in [6, 6.07) is 0. The second-order valence-corrected chi connectivity index (χ2v) is 9.77. The van der Waals surface area contributed by atoms with Crippen LogP contribution < -0.4 is 4.90 Å². The molecule has 2 saturated heterocycles. The Hall–Kier alpha value is -1.59. The number of amides is 2. The Kier molecular flexibility index (Phi) is 7.00. The van der Waals surface area contributed by atoms with Gasteiger partial charge in [0.1, 0.15) is 5.60 Å². The quantitative estimate of drug-likeness (QED) is 0.666. The van der Waals surface area contributed by atoms with Gasteiger partial charge in [-0.05, 0) is 20.8 Å². The van der Waals surface area contributed by atoms with Crippen LogP contribution in [0.2, 0.25) is 0 Å². The topological polar surface area (TPSA) is 88.1 Å². The van der Waals surface area contributed by atoms with Gasteiger partial charge in [0.2, 0.25) is 11.0 Å². The first kappa shape index (κ1) is 21.1. The average molecular weight is 430 g/mol. The molecular formula is C17H27N5O4S2. The Morgan fingerprint density at radius 3 is 2.36 bits per heavy atom. The number of aromatic nitrogens is 2. The van der Waals surface area contributed by atoms with E-state index in [0.717, 1.165) is 22.6 Å². The number of piperazine rings is 1. The maximum atomic E-state index is 12.5. The molecule has 2 aliphatic heterocycles. The van der Waals surface area contributed by atoms with Crippen LogP contribution in [0.5, 0.6) is 0 Å². The van der Waals surface area contributed by atoms with Crippen LogP contribution in [0.3, 0.4) is 0 Å². The van der Waals surface area contributed by atoms with E-state index in [1.807, 2.05) is 20.8 Å². The van der Waals surface area contributed by atoms with Gasteiger partial charge in [0.15, 0.2) is 4.34 Å². The molecule has 0 aliphatic carbocycles. The number of anilines is 1. The lowest BCUT2D eigenvalue weighted by atomic mass is 10.2. The number of hydrogen-bond donors (Lipinski definition) is 0. The number of nitrogens with zero attached hydrogens (tertiary/aromatic N) is 5. The fourth-order valence-electron chi connectivity index (χ4n) is 2.82. The first-order valence-corrected chi connectivity index (χ1v) is 11.2. The summed E-state index contributed by atoms with van der Waals surface area (Å²) in [4.78, 5) is 30.2. The zero-order valence-electron chi connectivity index (χ0n) is 16.5. The molecular weight excluding hydrogens is 402 g/mol. The molecule has 9 nitrogen and oxygen atoms in total. The third-order valence-corrected chi connectivity index (χ3v) is 6.38. The Morgan fingerprint density at radius 1 is 1.07 bits per heavy atom. The van der Waals surface area contributed by atoms with Crippen molar-refractivity contribution in [2.75, 3.05) is 63.1 Å². The number of hydrogen-bond acceptors (Lipinski definition) is 9. The van der Waals surface area contributed by atoms with Crippen molar-refractivity contribution in [3.63, 3.8) is 0 Å². The van der Waals surface area contributed by atoms with Gasteiger partial charge in [-0.25, -0.2) is 4.79 Å². The molecule has 156 valence electrons. The van der Waals surface area contributed by atoms with Crippen molar-refractivity contribution in [2.45, 2.75) is 30.7 Å². The molecule has 0 N–H and O–H groups in total. The van der Waals surface area contributed by atoms with Crippen molar-refractivity contribution >= 4 is 40.2 Å². The molecule has 2 aliphatic rings. The van der Waals surface area contributed by atoms with Crippen LogP contribution in [-0.4, -0.2) is 95.8 Å². The minimum atomic E-state index is -0.511. The van der Waals surface area contributed by atoms with Gasteiger partial charge in [-0.3, -0.25) is 4.79 Å². The molecule has 1 aromatic heterocycles. The molecule has 0 radical (unpaired) electrons. The van der Waals surface area contributed by atoms with E-state index in [-0.39, 0.29) is 12.0 Å². The molecule has 0 aromatic carbocycles. The van der Waals surface area contributed by atoms with Gasteiger partial charge in [0, 0.05) is 39.3 Å². The molecule has 1 aromatic rings. The molecule has 3 heterocycles. The van der Waals surface area contributed by atoms with Crippen molar-refractivity contribution in [1.29, 1.82) is 0 Å². The van der Waals surface area contributed by atoms with Crippen LogP contribution >= 0.6 is 23.1 Å². The summed E-state index contributed by atoms with van der Waals surface area (Å²) in [6.45, 7) is 10.6. The lowest BCUT2D eigenvalue weighted by molar-refractivity contribution is -0.130. The highest BCUT2D eigenvalue weighted by molar-refractivity contribution is 8.01. The zero-order valence-corrected chi connectivity index (χ0v) is 18.2. The highest BCUT2D eigenvalue weighted by Gasteiger charge is 2.27. The molecule has 0 spiro atoms. The lowest BCUT2D eigenvalue weighted by Gasteiger charge is -2.35. The smallest absolute Gasteiger partial charge is 0.410 e. The predicted molar refractivity (Wildman–Crippen MR) is 108 cm³/mol. The predicted octanol–water partition coefficient (Wildman–Crippen LogP) is 1.55. The monoisotopic (exact) mass is 429 g/mol. The SMILES string of the molecule is CC(C)(C)OC(=O)N1CCN(C(=O)CSc2nnc(N3CCOCC3)s2)CC1. The van der Waals surface area contributed by atoms with Crippen molar-refractivity contribution in [2.24, 2.45) is 0 Å². The van der Waals surface area contributed by atoms with Gasteiger partial charge in [-0.15, -0.1) is 10.2 Å². The summed E-state index contributed by atoms with van der Waals surface area (Å²) >= 11 is 2.92. The summed E-state index contributed by atoms with van der Waals surface area (Å²) < 4.78 is 11.5. The zero-order chi connectivity index (χ0) is 20.1. The number of carbonyl (C=O) groups excluding carboxylic acids is 2. The van der Waals surface area contributed by atoms with Gasteiger partial charge >= 0.3 is 6.09 Å². The molecule has 2 amide bonds. The number of morpholine rings is 1. The van der Waals surface area contributed by atoms with E-state index in [1.165, 1.54) is 23.1 Å². The Morgan fingerprint density at radius 2 is 1.71 bits per heavy atom. The van der Waals surface area contributed by atoms with Crippen molar-refractivity contribution < 1.29 is 19.1 Å². The third kappa shape index (κ3) is 5.95. The van der Waals surface area contributed by atoms with Gasteiger partial charge in [0.05, 0.1) is 19.0 Å². The second-order valence-electron chi connectivity index (χ2n) is 7.59. The third-order valence-electron chi connectivity index (χ3n) is 4.28. The van der Waals surface area contributed by atoms with Crippen LogP contribution in [0.1, 0.15) is 20.8 Å². The number of thioether (sulfide) groups is 1.